The first-order chi connectivity index (χ1) is 16.4. The van der Waals surface area contributed by atoms with Crippen molar-refractivity contribution in [3.63, 3.8) is 0 Å². The number of fused-ring (bicyclic) bond motifs is 1. The number of rotatable bonds is 6. The van der Waals surface area contributed by atoms with Crippen molar-refractivity contribution in [1.82, 2.24) is 15.1 Å². The summed E-state index contributed by atoms with van der Waals surface area (Å²) in [7, 11) is 0. The Balaban J connectivity index is 1.20. The number of carbonyl (C=O) groups excluding carboxylic acids is 3. The Morgan fingerprint density at radius 2 is 1.79 bits per heavy atom. The normalized spacial score (nSPS) is 22.6. The number of anilines is 1. The van der Waals surface area contributed by atoms with Gasteiger partial charge in [0.1, 0.15) is 12.1 Å². The highest BCUT2D eigenvalue weighted by Crippen LogP contribution is 2.32. The Morgan fingerprint density at radius 3 is 2.56 bits per heavy atom. The summed E-state index contributed by atoms with van der Waals surface area (Å²) in [5.41, 5.74) is 3.90. The summed E-state index contributed by atoms with van der Waals surface area (Å²) >= 11 is 0. The minimum Gasteiger partial charge on any atom is -0.379 e. The Morgan fingerprint density at radius 1 is 1.06 bits per heavy atom. The Hall–Kier alpha value is -3.23. The smallest absolute Gasteiger partial charge is 0.325 e. The lowest BCUT2D eigenvalue weighted by Crippen LogP contribution is -2.42. The molecule has 2 N–H and O–H groups in total. The molecule has 8 nitrogen and oxygen atoms in total. The fourth-order valence-corrected chi connectivity index (χ4v) is 4.97. The van der Waals surface area contributed by atoms with Crippen molar-refractivity contribution >= 4 is 23.5 Å². The predicted octanol–water partition coefficient (Wildman–Crippen LogP) is 2.41. The molecule has 2 aliphatic heterocycles. The minimum absolute atomic E-state index is 0.333. The highest BCUT2D eigenvalue weighted by atomic mass is 16.5. The van der Waals surface area contributed by atoms with Crippen molar-refractivity contribution < 1.29 is 19.1 Å². The maximum absolute atomic E-state index is 13.2. The lowest BCUT2D eigenvalue weighted by molar-refractivity contribution is -0.133. The highest BCUT2D eigenvalue weighted by Gasteiger charge is 2.49. The van der Waals surface area contributed by atoms with Crippen LogP contribution < -0.4 is 10.6 Å². The average Bonchev–Trinajstić information content (AvgIpc) is 3.39. The summed E-state index contributed by atoms with van der Waals surface area (Å²) in [5.74, 6) is -0.825. The molecule has 5 rings (SSSR count). The Labute approximate surface area is 199 Å². The topological polar surface area (TPSA) is 91.0 Å². The van der Waals surface area contributed by atoms with Crippen LogP contribution in [-0.4, -0.2) is 60.5 Å². The highest BCUT2D eigenvalue weighted by molar-refractivity contribution is 6.10. The van der Waals surface area contributed by atoms with E-state index in [9.17, 15) is 14.4 Å². The SMILES string of the molecule is CC1(c2ccc3c(c2)CCC3)NC(=O)N(CC(=O)Nc2ccc(CN3CCOCC3)cc2)C1=O. The van der Waals surface area contributed by atoms with Crippen molar-refractivity contribution in [2.75, 3.05) is 38.2 Å². The fraction of sp³-hybridized carbons (Fsp3) is 0.423. The van der Waals surface area contributed by atoms with Gasteiger partial charge in [-0.3, -0.25) is 19.4 Å². The summed E-state index contributed by atoms with van der Waals surface area (Å²) in [4.78, 5) is 41.8. The fourth-order valence-electron chi connectivity index (χ4n) is 4.97. The number of benzene rings is 2. The summed E-state index contributed by atoms with van der Waals surface area (Å²) in [6.07, 6.45) is 3.14. The molecular formula is C26H30N4O4. The van der Waals surface area contributed by atoms with Gasteiger partial charge in [-0.05, 0) is 60.6 Å². The zero-order chi connectivity index (χ0) is 23.7. The number of aryl methyl sites for hydroxylation is 2. The van der Waals surface area contributed by atoms with Crippen LogP contribution in [-0.2, 0) is 39.3 Å². The first-order valence-electron chi connectivity index (χ1n) is 11.9. The summed E-state index contributed by atoms with van der Waals surface area (Å²) < 4.78 is 5.38. The molecule has 1 atom stereocenters. The number of imide groups is 1. The van der Waals surface area contributed by atoms with Crippen molar-refractivity contribution in [3.8, 4) is 0 Å². The van der Waals surface area contributed by atoms with Crippen LogP contribution in [0.15, 0.2) is 42.5 Å². The molecule has 0 radical (unpaired) electrons. The molecule has 8 heteroatoms. The van der Waals surface area contributed by atoms with E-state index in [2.05, 4.69) is 15.5 Å². The van der Waals surface area contributed by atoms with E-state index in [-0.39, 0.29) is 6.54 Å². The van der Waals surface area contributed by atoms with Crippen LogP contribution in [0.4, 0.5) is 10.5 Å². The molecule has 0 aromatic heterocycles. The number of morpholine rings is 1. The molecule has 178 valence electrons. The van der Waals surface area contributed by atoms with Crippen molar-refractivity contribution in [3.05, 3.63) is 64.7 Å². The molecule has 0 saturated carbocycles. The molecule has 0 spiro atoms. The minimum atomic E-state index is -1.17. The van der Waals surface area contributed by atoms with Gasteiger partial charge < -0.3 is 15.4 Å². The second kappa shape index (κ2) is 9.19. The standard InChI is InChI=1S/C26H30N4O4/c1-26(21-8-7-19-3-2-4-20(19)15-21)24(32)30(25(33)28-26)17-23(31)27-22-9-5-18(6-10-22)16-29-11-13-34-14-12-29/h5-10,15H,2-4,11-14,16-17H2,1H3,(H,27,31)(H,28,33). The molecule has 1 aliphatic carbocycles. The number of urea groups is 1. The zero-order valence-electron chi connectivity index (χ0n) is 19.4. The van der Waals surface area contributed by atoms with E-state index >= 15 is 0 Å². The van der Waals surface area contributed by atoms with Gasteiger partial charge in [0.05, 0.1) is 13.2 Å². The van der Waals surface area contributed by atoms with Crippen LogP contribution in [0.5, 0.6) is 0 Å². The third kappa shape index (κ3) is 4.43. The van der Waals surface area contributed by atoms with Crippen LogP contribution in [0, 0.1) is 0 Å². The van der Waals surface area contributed by atoms with E-state index in [0.29, 0.717) is 5.69 Å². The van der Waals surface area contributed by atoms with E-state index < -0.39 is 23.4 Å². The van der Waals surface area contributed by atoms with Gasteiger partial charge in [0.2, 0.25) is 5.91 Å². The number of hydrogen-bond acceptors (Lipinski definition) is 5. The van der Waals surface area contributed by atoms with Crippen LogP contribution in [0.2, 0.25) is 0 Å². The molecule has 1 unspecified atom stereocenters. The van der Waals surface area contributed by atoms with E-state index in [1.807, 2.05) is 42.5 Å². The monoisotopic (exact) mass is 462 g/mol. The summed E-state index contributed by atoms with van der Waals surface area (Å²) in [6.45, 7) is 5.53. The maximum atomic E-state index is 13.2. The molecule has 0 bridgehead atoms. The van der Waals surface area contributed by atoms with Gasteiger partial charge in [0.15, 0.2) is 0 Å². The van der Waals surface area contributed by atoms with Gasteiger partial charge in [-0.2, -0.15) is 0 Å². The lowest BCUT2D eigenvalue weighted by Gasteiger charge is -2.26. The number of carbonyl (C=O) groups is 3. The zero-order valence-corrected chi connectivity index (χ0v) is 19.4. The largest absolute Gasteiger partial charge is 0.379 e. The maximum Gasteiger partial charge on any atom is 0.325 e. The quantitative estimate of drug-likeness (QED) is 0.644. The van der Waals surface area contributed by atoms with E-state index in [0.717, 1.165) is 68.1 Å². The van der Waals surface area contributed by atoms with Gasteiger partial charge in [-0.1, -0.05) is 30.3 Å². The third-order valence-corrected chi connectivity index (χ3v) is 7.00. The van der Waals surface area contributed by atoms with E-state index in [1.165, 1.54) is 11.1 Å². The molecule has 2 aromatic rings. The van der Waals surface area contributed by atoms with Crippen LogP contribution in [0.1, 0.15) is 35.6 Å². The molecule has 4 amide bonds. The first kappa shape index (κ1) is 22.6. The van der Waals surface area contributed by atoms with E-state index in [4.69, 9.17) is 4.74 Å². The van der Waals surface area contributed by atoms with E-state index in [1.54, 1.807) is 6.92 Å². The van der Waals surface area contributed by atoms with Crippen molar-refractivity contribution in [2.45, 2.75) is 38.3 Å². The number of nitrogens with one attached hydrogen (secondary N) is 2. The number of amides is 4. The molecule has 3 aliphatic rings. The second-order valence-electron chi connectivity index (χ2n) is 9.42. The number of ether oxygens (including phenoxy) is 1. The van der Waals surface area contributed by atoms with Crippen molar-refractivity contribution in [2.24, 2.45) is 0 Å². The van der Waals surface area contributed by atoms with Crippen LogP contribution in [0.3, 0.4) is 0 Å². The molecule has 2 aromatic carbocycles. The second-order valence-corrected chi connectivity index (χ2v) is 9.42. The Kier molecular flexibility index (Phi) is 6.10. The molecule has 34 heavy (non-hydrogen) atoms. The van der Waals surface area contributed by atoms with Gasteiger partial charge in [0.25, 0.3) is 5.91 Å². The third-order valence-electron chi connectivity index (χ3n) is 7.00. The lowest BCUT2D eigenvalue weighted by atomic mass is 9.89. The van der Waals surface area contributed by atoms with Crippen LogP contribution >= 0.6 is 0 Å². The van der Waals surface area contributed by atoms with Gasteiger partial charge in [-0.15, -0.1) is 0 Å². The predicted molar refractivity (Wildman–Crippen MR) is 127 cm³/mol. The summed E-state index contributed by atoms with van der Waals surface area (Å²) in [6, 6.07) is 13.0. The summed E-state index contributed by atoms with van der Waals surface area (Å²) in [5, 5.41) is 5.59. The average molecular weight is 463 g/mol. The molecule has 2 heterocycles. The van der Waals surface area contributed by atoms with Gasteiger partial charge in [0, 0.05) is 25.3 Å². The van der Waals surface area contributed by atoms with Gasteiger partial charge in [-0.25, -0.2) is 4.79 Å². The number of hydrogen-bond donors (Lipinski definition) is 2. The Bertz CT molecular complexity index is 1110. The van der Waals surface area contributed by atoms with Gasteiger partial charge >= 0.3 is 6.03 Å². The first-order valence-corrected chi connectivity index (χ1v) is 11.9. The number of nitrogens with zero attached hydrogens (tertiary/aromatic N) is 2. The van der Waals surface area contributed by atoms with Crippen LogP contribution in [0.25, 0.3) is 0 Å². The molecule has 2 fully saturated rings. The van der Waals surface area contributed by atoms with Crippen molar-refractivity contribution in [1.29, 1.82) is 0 Å². The molecule has 2 saturated heterocycles. The molecular weight excluding hydrogens is 432 g/mol.